The van der Waals surface area contributed by atoms with Gasteiger partial charge in [-0.1, -0.05) is 24.0 Å². The van der Waals surface area contributed by atoms with Gasteiger partial charge in [0.15, 0.2) is 0 Å². The van der Waals surface area contributed by atoms with Crippen molar-refractivity contribution in [3.63, 3.8) is 0 Å². The quantitative estimate of drug-likeness (QED) is 0.721. The Balaban J connectivity index is 1.82. The average Bonchev–Trinajstić information content (AvgIpc) is 2.76. The zero-order valence-corrected chi connectivity index (χ0v) is 12.0. The van der Waals surface area contributed by atoms with Gasteiger partial charge in [-0.25, -0.2) is 0 Å². The Hall–Kier alpha value is -0.290. The number of thioether (sulfide) groups is 1. The minimum Gasteiger partial charge on any atom is -0.357 e. The predicted molar refractivity (Wildman–Crippen MR) is 76.0 cm³/mol. The third-order valence-corrected chi connectivity index (χ3v) is 5.04. The van der Waals surface area contributed by atoms with E-state index in [0.717, 1.165) is 30.4 Å². The Bertz CT molecular complexity index is 303. The van der Waals surface area contributed by atoms with Gasteiger partial charge in [-0.3, -0.25) is 4.79 Å². The monoisotopic (exact) mass is 272 g/mol. The number of nitrogens with zero attached hydrogens (tertiary/aromatic N) is 2. The summed E-state index contributed by atoms with van der Waals surface area (Å²) in [5.74, 6) is 0.284. The highest BCUT2D eigenvalue weighted by molar-refractivity contribution is 8.23. The van der Waals surface area contributed by atoms with E-state index < -0.39 is 0 Å². The molecule has 0 spiro atoms. The molecule has 2 heterocycles. The molecule has 17 heavy (non-hydrogen) atoms. The molecule has 0 radical (unpaired) electrons. The normalized spacial score (nSPS) is 23.0. The van der Waals surface area contributed by atoms with Crippen LogP contribution in [0.4, 0.5) is 0 Å². The summed E-state index contributed by atoms with van der Waals surface area (Å²) in [6.45, 7) is 5.17. The lowest BCUT2D eigenvalue weighted by Gasteiger charge is -2.31. The van der Waals surface area contributed by atoms with Gasteiger partial charge < -0.3 is 9.80 Å². The molecule has 2 saturated heterocycles. The molecule has 2 aliphatic rings. The number of hydrogen-bond acceptors (Lipinski definition) is 3. The van der Waals surface area contributed by atoms with Gasteiger partial charge in [0.2, 0.25) is 5.91 Å². The Morgan fingerprint density at radius 3 is 2.53 bits per heavy atom. The van der Waals surface area contributed by atoms with Gasteiger partial charge in [0.1, 0.15) is 4.32 Å². The van der Waals surface area contributed by atoms with Crippen molar-refractivity contribution in [1.29, 1.82) is 0 Å². The molecule has 0 N–H and O–H groups in total. The highest BCUT2D eigenvalue weighted by Crippen LogP contribution is 2.25. The second kappa shape index (κ2) is 6.05. The second-order valence-electron chi connectivity index (χ2n) is 4.72. The van der Waals surface area contributed by atoms with Gasteiger partial charge in [-0.15, -0.1) is 0 Å². The summed E-state index contributed by atoms with van der Waals surface area (Å²) in [7, 11) is 0. The Labute approximate surface area is 113 Å². The molecule has 96 valence electrons. The van der Waals surface area contributed by atoms with Gasteiger partial charge >= 0.3 is 0 Å². The summed E-state index contributed by atoms with van der Waals surface area (Å²) in [6.07, 6.45) is 5.53. The standard InChI is InChI=1S/C12H20N2OS2/c1-10(14-9-5-6-11(14)15)17-12(16)13-7-3-2-4-8-13/h10H,2-9H2,1H3. The van der Waals surface area contributed by atoms with E-state index in [1.807, 2.05) is 4.90 Å². The van der Waals surface area contributed by atoms with Gasteiger partial charge in [-0.2, -0.15) is 0 Å². The van der Waals surface area contributed by atoms with Crippen LogP contribution in [-0.4, -0.2) is 45.0 Å². The zero-order valence-electron chi connectivity index (χ0n) is 10.4. The molecule has 5 heteroatoms. The fraction of sp³-hybridized carbons (Fsp3) is 0.833. The minimum atomic E-state index is 0.194. The predicted octanol–water partition coefficient (Wildman–Crippen LogP) is 2.46. The van der Waals surface area contributed by atoms with Crippen molar-refractivity contribution in [3.8, 4) is 0 Å². The Kier molecular flexibility index (Phi) is 4.68. The van der Waals surface area contributed by atoms with Crippen LogP contribution in [0.25, 0.3) is 0 Å². The molecule has 1 amide bonds. The molecule has 0 aromatic carbocycles. The maximum Gasteiger partial charge on any atom is 0.223 e. The fourth-order valence-corrected chi connectivity index (χ4v) is 3.99. The summed E-state index contributed by atoms with van der Waals surface area (Å²) in [5, 5.41) is 0.194. The van der Waals surface area contributed by atoms with Crippen molar-refractivity contribution in [3.05, 3.63) is 0 Å². The number of rotatable bonds is 2. The second-order valence-corrected chi connectivity index (χ2v) is 6.67. The van der Waals surface area contributed by atoms with E-state index in [4.69, 9.17) is 12.2 Å². The maximum absolute atomic E-state index is 11.6. The number of amides is 1. The molecule has 2 fully saturated rings. The van der Waals surface area contributed by atoms with Crippen LogP contribution < -0.4 is 0 Å². The third kappa shape index (κ3) is 3.35. The van der Waals surface area contributed by atoms with Crippen LogP contribution in [0.3, 0.4) is 0 Å². The minimum absolute atomic E-state index is 0.194. The van der Waals surface area contributed by atoms with Crippen molar-refractivity contribution >= 4 is 34.2 Å². The molecular weight excluding hydrogens is 252 g/mol. The summed E-state index contributed by atoms with van der Waals surface area (Å²) >= 11 is 7.14. The van der Waals surface area contributed by atoms with Crippen molar-refractivity contribution in [1.82, 2.24) is 9.80 Å². The molecule has 0 saturated carbocycles. The van der Waals surface area contributed by atoms with Gasteiger partial charge in [-0.05, 0) is 32.6 Å². The van der Waals surface area contributed by atoms with E-state index in [2.05, 4.69) is 11.8 Å². The van der Waals surface area contributed by atoms with Crippen LogP contribution in [0.2, 0.25) is 0 Å². The highest BCUT2D eigenvalue weighted by atomic mass is 32.2. The van der Waals surface area contributed by atoms with Crippen molar-refractivity contribution in [2.75, 3.05) is 19.6 Å². The number of carbonyl (C=O) groups excluding carboxylic acids is 1. The first kappa shape index (κ1) is 13.1. The zero-order chi connectivity index (χ0) is 12.3. The van der Waals surface area contributed by atoms with Crippen LogP contribution in [-0.2, 0) is 4.79 Å². The SMILES string of the molecule is CC(SC(=S)N1CCCCC1)N1CCCC1=O. The number of thiocarbonyl (C=S) groups is 1. The molecule has 0 aliphatic carbocycles. The van der Waals surface area contributed by atoms with E-state index in [1.54, 1.807) is 11.8 Å². The first-order chi connectivity index (χ1) is 8.18. The van der Waals surface area contributed by atoms with Crippen molar-refractivity contribution in [2.24, 2.45) is 0 Å². The van der Waals surface area contributed by atoms with E-state index in [1.165, 1.54) is 19.3 Å². The molecule has 1 unspecified atom stereocenters. The van der Waals surface area contributed by atoms with Gasteiger partial charge in [0.05, 0.1) is 5.37 Å². The molecule has 2 aliphatic heterocycles. The smallest absolute Gasteiger partial charge is 0.223 e. The van der Waals surface area contributed by atoms with Crippen molar-refractivity contribution in [2.45, 2.75) is 44.4 Å². The third-order valence-electron chi connectivity index (χ3n) is 3.43. The lowest BCUT2D eigenvalue weighted by atomic mass is 10.1. The molecule has 0 aromatic heterocycles. The Morgan fingerprint density at radius 1 is 1.24 bits per heavy atom. The molecule has 2 rings (SSSR count). The highest BCUT2D eigenvalue weighted by Gasteiger charge is 2.27. The average molecular weight is 272 g/mol. The maximum atomic E-state index is 11.6. The largest absolute Gasteiger partial charge is 0.357 e. The number of hydrogen-bond donors (Lipinski definition) is 0. The first-order valence-electron chi connectivity index (χ1n) is 6.43. The van der Waals surface area contributed by atoms with Crippen LogP contribution >= 0.6 is 24.0 Å². The van der Waals surface area contributed by atoms with Crippen LogP contribution in [0.15, 0.2) is 0 Å². The molecule has 1 atom stereocenters. The van der Waals surface area contributed by atoms with E-state index in [-0.39, 0.29) is 11.3 Å². The van der Waals surface area contributed by atoms with Crippen LogP contribution in [0.1, 0.15) is 39.0 Å². The fourth-order valence-electron chi connectivity index (χ4n) is 2.41. The van der Waals surface area contributed by atoms with E-state index in [0.29, 0.717) is 6.42 Å². The van der Waals surface area contributed by atoms with Gasteiger partial charge in [0.25, 0.3) is 0 Å². The molecule has 0 aromatic rings. The molecular formula is C12H20N2OS2. The lowest BCUT2D eigenvalue weighted by Crippen LogP contribution is -2.37. The number of carbonyl (C=O) groups is 1. The molecule has 0 bridgehead atoms. The first-order valence-corrected chi connectivity index (χ1v) is 7.72. The Morgan fingerprint density at radius 2 is 1.94 bits per heavy atom. The summed E-state index contributed by atoms with van der Waals surface area (Å²) in [6, 6.07) is 0. The lowest BCUT2D eigenvalue weighted by molar-refractivity contribution is -0.128. The number of likely N-dealkylation sites (tertiary alicyclic amines) is 2. The summed E-state index contributed by atoms with van der Waals surface area (Å²) in [4.78, 5) is 15.9. The molecule has 3 nitrogen and oxygen atoms in total. The topological polar surface area (TPSA) is 23.6 Å². The van der Waals surface area contributed by atoms with Crippen LogP contribution in [0.5, 0.6) is 0 Å². The van der Waals surface area contributed by atoms with E-state index >= 15 is 0 Å². The van der Waals surface area contributed by atoms with E-state index in [9.17, 15) is 4.79 Å². The number of piperidine rings is 1. The van der Waals surface area contributed by atoms with Gasteiger partial charge in [0, 0.05) is 26.1 Å². The summed E-state index contributed by atoms with van der Waals surface area (Å²) < 4.78 is 0.969. The van der Waals surface area contributed by atoms with Crippen molar-refractivity contribution < 1.29 is 4.79 Å². The summed E-state index contributed by atoms with van der Waals surface area (Å²) in [5.41, 5.74) is 0. The van der Waals surface area contributed by atoms with Crippen LogP contribution in [0, 0.1) is 0 Å².